The largest absolute Gasteiger partial charge is 0.455 e. The number of halogens is 24. The van der Waals surface area contributed by atoms with Crippen LogP contribution in [0.4, 0.5) is 105 Å². The molecule has 0 aliphatic carbocycles. The van der Waals surface area contributed by atoms with Gasteiger partial charge in [0.2, 0.25) is 14.9 Å². The first-order chi connectivity index (χ1) is 42.0. The zero-order chi connectivity index (χ0) is 69.6. The van der Waals surface area contributed by atoms with Gasteiger partial charge >= 0.3 is 54.8 Å². The first-order valence-corrected chi connectivity index (χ1v) is 26.7. The minimum absolute atomic E-state index is 0. The number of nitrogens with one attached hydrogen (secondary N) is 1. The summed E-state index contributed by atoms with van der Waals surface area (Å²) < 4.78 is 313. The van der Waals surface area contributed by atoms with E-state index < -0.39 is 153 Å². The van der Waals surface area contributed by atoms with Gasteiger partial charge in [0.15, 0.2) is 17.1 Å². The second-order valence-corrected chi connectivity index (χ2v) is 21.7. The first-order valence-electron chi connectivity index (χ1n) is 24.3. The summed E-state index contributed by atoms with van der Waals surface area (Å²) in [5, 5.41) is 33.3. The monoisotopic (exact) mass is 1430 g/mol. The maximum Gasteiger partial charge on any atom is 0.455 e. The van der Waals surface area contributed by atoms with Crippen LogP contribution in [0.5, 0.6) is 0 Å². The van der Waals surface area contributed by atoms with Crippen molar-refractivity contribution >= 4 is 48.9 Å². The van der Waals surface area contributed by atoms with E-state index in [9.17, 15) is 120 Å². The Balaban J connectivity index is 0.000000246. The van der Waals surface area contributed by atoms with E-state index >= 15 is 0 Å². The van der Waals surface area contributed by atoms with Crippen LogP contribution in [0.25, 0.3) is 48.3 Å². The SMILES string of the molecule is C.CCc1nn2c(=O)c(-c3cnn(CC(F)(F)C(F)(F)F)c3)c(C(F)(F)F)nc2s1.CN(C)Cc1nn2c(=O)c(-c3cnn(CC(F)(F)C(F)(F)F)c3)c(C(F)(F)F)nc2s1.CNC.O=c1c(-c2cnn(CC(F)(F)C(F)(F)F)c2)c(C(F)(F)F)nc2sc(CO)nn12. The number of nitrogens with zero attached hydrogens (tertiary/aromatic N) is 16. The summed E-state index contributed by atoms with van der Waals surface area (Å²) in [7, 11) is 7.08. The zero-order valence-corrected chi connectivity index (χ0v) is 48.3. The minimum Gasteiger partial charge on any atom is -0.389 e. The maximum atomic E-state index is 13.6. The van der Waals surface area contributed by atoms with Gasteiger partial charge in [-0.1, -0.05) is 48.4 Å². The molecule has 21 nitrogen and oxygen atoms in total. The van der Waals surface area contributed by atoms with Crippen LogP contribution < -0.4 is 22.0 Å². The third-order valence-corrected chi connectivity index (χ3v) is 14.0. The van der Waals surface area contributed by atoms with Crippen molar-refractivity contribution in [3.8, 4) is 33.4 Å². The Morgan fingerprint density at radius 3 is 0.968 bits per heavy atom. The predicted octanol–water partition coefficient (Wildman–Crippen LogP) is 10.3. The molecule has 0 spiro atoms. The number of aryl methyl sites for hydroxylation is 1. The molecule has 0 saturated carbocycles. The second kappa shape index (κ2) is 27.2. The van der Waals surface area contributed by atoms with Crippen LogP contribution in [0.15, 0.2) is 51.6 Å². The molecule has 514 valence electrons. The van der Waals surface area contributed by atoms with Crippen LogP contribution in [0.1, 0.15) is 46.5 Å². The van der Waals surface area contributed by atoms with Crippen LogP contribution in [-0.2, 0) is 57.7 Å². The highest BCUT2D eigenvalue weighted by molar-refractivity contribution is 7.17. The van der Waals surface area contributed by atoms with Gasteiger partial charge in [-0.05, 0) is 34.6 Å². The summed E-state index contributed by atoms with van der Waals surface area (Å²) in [5.74, 6) is -15.6. The molecule has 0 radical (unpaired) electrons. The standard InChI is InChI=1S/C15H12F8N6OS.C14H9F8N5OS.C13H7F8N5O2S.C2H7N.CH4/c1-27(2)5-8-26-29-11(30)9(10(14(18,19)20)25-12(29)31-8)7-3-24-28(4-7)6-13(16,17)15(21,22)23;1-2-7-25-27-10(28)8(9(13(17,18)19)24-11(27)29-7)6-3-23-26(4-6)5-12(15,16)14(20,21)22;14-11(15,13(19,20)21)4-25-2-5(1-22-25)7-8(12(16,17)18)23-10-26(9(7)28)24-6(3-27)29-10;1-3-2;/h3-4H,5-6H2,1-2H3;3-4H,2,5H2,1H3;1-2,27H,3-4H2;3H,1-2H3;1H4. The summed E-state index contributed by atoms with van der Waals surface area (Å²) >= 11 is 2.01. The van der Waals surface area contributed by atoms with Gasteiger partial charge in [0, 0.05) is 35.3 Å². The molecule has 9 aromatic heterocycles. The number of aliphatic hydroxyl groups excluding tert-OH is 1. The van der Waals surface area contributed by atoms with E-state index in [-0.39, 0.29) is 48.0 Å². The molecule has 0 unspecified atom stereocenters. The van der Waals surface area contributed by atoms with Crippen molar-refractivity contribution in [2.75, 3.05) is 28.2 Å². The van der Waals surface area contributed by atoms with Crippen molar-refractivity contribution < 1.29 is 110 Å². The van der Waals surface area contributed by atoms with E-state index in [1.54, 1.807) is 25.9 Å². The molecule has 48 heteroatoms. The highest BCUT2D eigenvalue weighted by Crippen LogP contribution is 2.42. The predicted molar refractivity (Wildman–Crippen MR) is 277 cm³/mol. The Labute approximate surface area is 511 Å². The molecule has 0 atom stereocenters. The summed E-state index contributed by atoms with van der Waals surface area (Å²) in [5.41, 5.74) is -14.0. The molecule has 0 saturated heterocycles. The van der Waals surface area contributed by atoms with Crippen molar-refractivity contribution in [3.05, 3.63) is 100 Å². The topological polar surface area (TPSA) is 231 Å². The lowest BCUT2D eigenvalue weighted by molar-refractivity contribution is -0.287. The summed E-state index contributed by atoms with van der Waals surface area (Å²) in [6, 6.07) is 0. The van der Waals surface area contributed by atoms with Crippen LogP contribution in [0.2, 0.25) is 0 Å². The van der Waals surface area contributed by atoms with Gasteiger partial charge in [0.25, 0.3) is 16.7 Å². The molecule has 0 aliphatic rings. The van der Waals surface area contributed by atoms with Crippen molar-refractivity contribution in [1.82, 2.24) is 83.4 Å². The molecule has 0 bridgehead atoms. The molecule has 9 rings (SSSR count). The highest BCUT2D eigenvalue weighted by Gasteiger charge is 2.60. The van der Waals surface area contributed by atoms with Crippen LogP contribution in [0, 0.1) is 0 Å². The minimum atomic E-state index is -5.91. The van der Waals surface area contributed by atoms with Crippen molar-refractivity contribution in [2.24, 2.45) is 0 Å². The molecule has 0 amide bonds. The summed E-state index contributed by atoms with van der Waals surface area (Å²) in [6.07, 6.45) is -29.6. The lowest BCUT2D eigenvalue weighted by Crippen LogP contribution is -2.40. The fourth-order valence-electron chi connectivity index (χ4n) is 7.21. The Bertz CT molecular complexity index is 4080. The van der Waals surface area contributed by atoms with E-state index in [0.29, 0.717) is 73.5 Å². The summed E-state index contributed by atoms with van der Waals surface area (Å²) in [6.45, 7) is -4.77. The maximum absolute atomic E-state index is 13.6. The first kappa shape index (κ1) is 75.9. The lowest BCUT2D eigenvalue weighted by atomic mass is 10.1. The third kappa shape index (κ3) is 16.9. The normalized spacial score (nSPS) is 13.1. The van der Waals surface area contributed by atoms with E-state index in [1.165, 1.54) is 0 Å². The van der Waals surface area contributed by atoms with Gasteiger partial charge < -0.3 is 15.3 Å². The molecule has 2 N–H and O–H groups in total. The van der Waals surface area contributed by atoms with Crippen molar-refractivity contribution in [3.63, 3.8) is 0 Å². The Morgan fingerprint density at radius 2 is 0.720 bits per heavy atom. The van der Waals surface area contributed by atoms with Gasteiger partial charge in [-0.2, -0.15) is 150 Å². The fourth-order valence-corrected chi connectivity index (χ4v) is 9.78. The Hall–Kier alpha value is -7.86. The van der Waals surface area contributed by atoms with Gasteiger partial charge in [-0.3, -0.25) is 28.4 Å². The molecule has 0 aromatic carbocycles. The molecule has 0 aliphatic heterocycles. The van der Waals surface area contributed by atoms with Crippen LogP contribution in [0.3, 0.4) is 0 Å². The Morgan fingerprint density at radius 1 is 0.462 bits per heavy atom. The molecule has 9 heterocycles. The van der Waals surface area contributed by atoms with E-state index in [4.69, 9.17) is 5.11 Å². The number of hydrogen-bond acceptors (Lipinski definition) is 18. The number of aliphatic hydroxyl groups is 1. The van der Waals surface area contributed by atoms with Gasteiger partial charge in [0.05, 0.1) is 48.4 Å². The van der Waals surface area contributed by atoms with Gasteiger partial charge in [0.1, 0.15) is 34.7 Å². The number of aromatic nitrogens is 15. The van der Waals surface area contributed by atoms with Gasteiger partial charge in [-0.25, -0.2) is 15.0 Å². The average molecular weight is 1430 g/mol. The molecular formula is C45H39F24N17O4S3. The summed E-state index contributed by atoms with van der Waals surface area (Å²) in [4.78, 5) is 48.4. The van der Waals surface area contributed by atoms with Crippen molar-refractivity contribution in [1.29, 1.82) is 0 Å². The molecular weight excluding hydrogens is 1390 g/mol. The number of fused-ring (bicyclic) bond motifs is 3. The van der Waals surface area contributed by atoms with Gasteiger partial charge in [-0.15, -0.1) is 0 Å². The smallest absolute Gasteiger partial charge is 0.389 e. The number of hydrogen-bond donors (Lipinski definition) is 2. The van der Waals surface area contributed by atoms with E-state index in [2.05, 4.69) is 50.9 Å². The lowest BCUT2D eigenvalue weighted by Gasteiger charge is -2.19. The fraction of sp³-hybridized carbons (Fsp3) is 0.467. The average Bonchev–Trinajstić information content (AvgIpc) is 1.70. The molecule has 9 aromatic rings. The van der Waals surface area contributed by atoms with Crippen LogP contribution in [-0.4, -0.2) is 148 Å². The Kier molecular flexibility index (Phi) is 22.2. The number of alkyl halides is 24. The van der Waals surface area contributed by atoms with Crippen molar-refractivity contribution in [2.45, 2.75) is 108 Å². The van der Waals surface area contributed by atoms with Crippen LogP contribution >= 0.6 is 34.0 Å². The number of rotatable bonds is 13. The third-order valence-electron chi connectivity index (χ3n) is 11.1. The molecule has 93 heavy (non-hydrogen) atoms. The van der Waals surface area contributed by atoms with E-state index in [0.717, 1.165) is 22.7 Å². The quantitative estimate of drug-likeness (QED) is 0.102. The highest BCUT2D eigenvalue weighted by atomic mass is 32.1. The molecule has 0 fully saturated rings. The second-order valence-electron chi connectivity index (χ2n) is 18.6. The zero-order valence-electron chi connectivity index (χ0n) is 45.8. The van der Waals surface area contributed by atoms with E-state index in [1.807, 2.05) is 14.1 Å².